The van der Waals surface area contributed by atoms with Crippen molar-refractivity contribution < 1.29 is 22.3 Å². The highest BCUT2D eigenvalue weighted by Crippen LogP contribution is 2.18. The Bertz CT molecular complexity index is 836. The lowest BCUT2D eigenvalue weighted by Crippen LogP contribution is -2.29. The Morgan fingerprint density at radius 1 is 1.21 bits per heavy atom. The molecule has 0 heterocycles. The van der Waals surface area contributed by atoms with Crippen LogP contribution in [0.3, 0.4) is 0 Å². The molecule has 0 spiro atoms. The van der Waals surface area contributed by atoms with Gasteiger partial charge in [0.2, 0.25) is 10.0 Å². The molecule has 0 amide bonds. The normalized spacial score (nSPS) is 12.8. The van der Waals surface area contributed by atoms with Crippen LogP contribution >= 0.6 is 0 Å². The number of rotatable bonds is 7. The van der Waals surface area contributed by atoms with Crippen molar-refractivity contribution in [3.8, 4) is 0 Å². The lowest BCUT2D eigenvalue weighted by Gasteiger charge is -2.17. The topological polar surface area (TPSA) is 72.5 Å². The van der Waals surface area contributed by atoms with Gasteiger partial charge in [-0.15, -0.1) is 0 Å². The van der Waals surface area contributed by atoms with Gasteiger partial charge >= 0.3 is 0 Å². The molecule has 5 nitrogen and oxygen atoms in total. The Balaban J connectivity index is 2.17. The highest BCUT2D eigenvalue weighted by Gasteiger charge is 2.19. The Labute approximate surface area is 140 Å². The fourth-order valence-electron chi connectivity index (χ4n) is 2.20. The Morgan fingerprint density at radius 2 is 1.92 bits per heavy atom. The number of hydrogen-bond acceptors (Lipinski definition) is 4. The van der Waals surface area contributed by atoms with Crippen LogP contribution in [0.1, 0.15) is 28.9 Å². The maximum Gasteiger partial charge on any atom is 0.240 e. The third-order valence-electron chi connectivity index (χ3n) is 3.51. The van der Waals surface area contributed by atoms with E-state index in [2.05, 4.69) is 4.72 Å². The number of carbonyl (C=O) groups is 1. The maximum atomic E-state index is 13.3. The quantitative estimate of drug-likeness (QED) is 0.779. The molecule has 0 aliphatic carbocycles. The summed E-state index contributed by atoms with van der Waals surface area (Å²) in [5.41, 5.74) is 0.837. The van der Waals surface area contributed by atoms with Gasteiger partial charge in [0.1, 0.15) is 5.82 Å². The van der Waals surface area contributed by atoms with Crippen LogP contribution in [0.15, 0.2) is 53.4 Å². The van der Waals surface area contributed by atoms with E-state index < -0.39 is 21.9 Å². The van der Waals surface area contributed by atoms with E-state index >= 15 is 0 Å². The molecular formula is C17H18FNO4S. The molecule has 0 radical (unpaired) electrons. The first-order valence-corrected chi connectivity index (χ1v) is 8.71. The van der Waals surface area contributed by atoms with Crippen LogP contribution in [-0.4, -0.2) is 27.9 Å². The van der Waals surface area contributed by atoms with Crippen molar-refractivity contribution in [1.82, 2.24) is 4.72 Å². The van der Waals surface area contributed by atoms with Gasteiger partial charge in [-0.25, -0.2) is 17.5 Å². The Hall–Kier alpha value is -2.09. The molecule has 2 aromatic rings. The number of carbonyl (C=O) groups excluding carboxylic acids is 1. The lowest BCUT2D eigenvalue weighted by atomic mass is 10.1. The molecule has 0 bridgehead atoms. The minimum Gasteiger partial charge on any atom is -0.375 e. The number of sulfonamides is 1. The number of nitrogens with one attached hydrogen (secondary N) is 1. The van der Waals surface area contributed by atoms with E-state index in [9.17, 15) is 17.6 Å². The molecule has 2 rings (SSSR count). The number of hydrogen-bond donors (Lipinski definition) is 1. The van der Waals surface area contributed by atoms with Crippen molar-refractivity contribution in [3.63, 3.8) is 0 Å². The first-order valence-electron chi connectivity index (χ1n) is 7.22. The SMILES string of the molecule is CO[C@@H](CNS(=O)(=O)c1cccc(C(C)=O)c1)c1cccc(F)c1. The number of ether oxygens (including phenoxy) is 1. The van der Waals surface area contributed by atoms with Crippen LogP contribution in [0, 0.1) is 5.82 Å². The average Bonchev–Trinajstić information content (AvgIpc) is 2.55. The molecule has 0 fully saturated rings. The van der Waals surface area contributed by atoms with Gasteiger partial charge in [0.15, 0.2) is 5.78 Å². The van der Waals surface area contributed by atoms with Gasteiger partial charge in [-0.1, -0.05) is 24.3 Å². The second-order valence-corrected chi connectivity index (χ2v) is 6.98. The van der Waals surface area contributed by atoms with Crippen LogP contribution < -0.4 is 4.72 Å². The van der Waals surface area contributed by atoms with Gasteiger partial charge in [0, 0.05) is 19.2 Å². The smallest absolute Gasteiger partial charge is 0.240 e. The van der Waals surface area contributed by atoms with E-state index in [0.29, 0.717) is 11.1 Å². The van der Waals surface area contributed by atoms with E-state index in [1.807, 2.05) is 0 Å². The van der Waals surface area contributed by atoms with Gasteiger partial charge in [0.05, 0.1) is 11.0 Å². The highest BCUT2D eigenvalue weighted by molar-refractivity contribution is 7.89. The predicted octanol–water partition coefficient (Wildman–Crippen LogP) is 2.69. The summed E-state index contributed by atoms with van der Waals surface area (Å²) < 4.78 is 45.7. The molecule has 2 aromatic carbocycles. The summed E-state index contributed by atoms with van der Waals surface area (Å²) in [6, 6.07) is 11.5. The zero-order valence-electron chi connectivity index (χ0n) is 13.3. The van der Waals surface area contributed by atoms with Crippen molar-refractivity contribution >= 4 is 15.8 Å². The number of methoxy groups -OCH3 is 1. The van der Waals surface area contributed by atoms with Crippen molar-refractivity contribution in [2.45, 2.75) is 17.9 Å². The molecule has 0 aliphatic heterocycles. The standard InChI is InChI=1S/C17H18FNO4S/c1-12(20)13-5-4-8-16(10-13)24(21,22)19-11-17(23-2)14-6-3-7-15(18)9-14/h3-10,17,19H,11H2,1-2H3/t17-/m0/s1. The molecule has 0 unspecified atom stereocenters. The van der Waals surface area contributed by atoms with Crippen LogP contribution in [0.4, 0.5) is 4.39 Å². The summed E-state index contributed by atoms with van der Waals surface area (Å²) in [4.78, 5) is 11.4. The third kappa shape index (κ3) is 4.47. The number of Topliss-reactive ketones (excluding diaryl/α,β-unsaturated/α-hetero) is 1. The number of halogens is 1. The van der Waals surface area contributed by atoms with Gasteiger partial charge in [-0.2, -0.15) is 0 Å². The third-order valence-corrected chi connectivity index (χ3v) is 4.94. The first-order chi connectivity index (χ1) is 11.3. The molecule has 0 saturated carbocycles. The highest BCUT2D eigenvalue weighted by atomic mass is 32.2. The summed E-state index contributed by atoms with van der Waals surface area (Å²) in [6.07, 6.45) is -0.633. The van der Waals surface area contributed by atoms with Crippen LogP contribution in [0.2, 0.25) is 0 Å². The largest absolute Gasteiger partial charge is 0.375 e. The van der Waals surface area contributed by atoms with Crippen molar-refractivity contribution in [1.29, 1.82) is 0 Å². The van der Waals surface area contributed by atoms with Crippen LogP contribution in [-0.2, 0) is 14.8 Å². The van der Waals surface area contributed by atoms with E-state index in [1.165, 1.54) is 50.4 Å². The first kappa shape index (κ1) is 18.3. The summed E-state index contributed by atoms with van der Waals surface area (Å²) in [5.74, 6) is -0.645. The predicted molar refractivity (Wildman–Crippen MR) is 87.8 cm³/mol. The Morgan fingerprint density at radius 3 is 2.54 bits per heavy atom. The zero-order valence-corrected chi connectivity index (χ0v) is 14.1. The molecule has 128 valence electrons. The van der Waals surface area contributed by atoms with E-state index in [1.54, 1.807) is 12.1 Å². The fourth-order valence-corrected chi connectivity index (χ4v) is 3.27. The van der Waals surface area contributed by atoms with Gasteiger partial charge in [-0.3, -0.25) is 4.79 Å². The van der Waals surface area contributed by atoms with E-state index in [4.69, 9.17) is 4.74 Å². The average molecular weight is 351 g/mol. The summed E-state index contributed by atoms with van der Waals surface area (Å²) in [5, 5.41) is 0. The summed E-state index contributed by atoms with van der Waals surface area (Å²) in [7, 11) is -2.40. The Kier molecular flexibility index (Phi) is 5.82. The molecule has 1 atom stereocenters. The van der Waals surface area contributed by atoms with E-state index in [0.717, 1.165) is 0 Å². The van der Waals surface area contributed by atoms with E-state index in [-0.39, 0.29) is 17.2 Å². The number of ketones is 1. The van der Waals surface area contributed by atoms with Crippen molar-refractivity contribution in [2.75, 3.05) is 13.7 Å². The molecule has 24 heavy (non-hydrogen) atoms. The molecule has 0 aliphatic rings. The minimum absolute atomic E-state index is 0.00991. The minimum atomic E-state index is -3.82. The van der Waals surface area contributed by atoms with Gasteiger partial charge in [-0.05, 0) is 36.8 Å². The monoisotopic (exact) mass is 351 g/mol. The van der Waals surface area contributed by atoms with Gasteiger partial charge in [0.25, 0.3) is 0 Å². The molecule has 1 N–H and O–H groups in total. The second kappa shape index (κ2) is 7.65. The molecule has 0 saturated heterocycles. The van der Waals surface area contributed by atoms with Crippen LogP contribution in [0.25, 0.3) is 0 Å². The zero-order chi connectivity index (χ0) is 17.7. The fraction of sp³-hybridized carbons (Fsp3) is 0.235. The van der Waals surface area contributed by atoms with Gasteiger partial charge < -0.3 is 4.74 Å². The van der Waals surface area contributed by atoms with Crippen molar-refractivity contribution in [3.05, 3.63) is 65.5 Å². The molecule has 7 heteroatoms. The van der Waals surface area contributed by atoms with Crippen LogP contribution in [0.5, 0.6) is 0 Å². The summed E-state index contributed by atoms with van der Waals surface area (Å²) >= 11 is 0. The lowest BCUT2D eigenvalue weighted by molar-refractivity contribution is 0.101. The molecule has 0 aromatic heterocycles. The second-order valence-electron chi connectivity index (χ2n) is 5.22. The van der Waals surface area contributed by atoms with Crippen molar-refractivity contribution in [2.24, 2.45) is 0 Å². The number of benzene rings is 2. The summed E-state index contributed by atoms with van der Waals surface area (Å²) in [6.45, 7) is 1.30. The maximum absolute atomic E-state index is 13.3. The molecular weight excluding hydrogens is 333 g/mol.